The Morgan fingerprint density at radius 2 is 2.13 bits per heavy atom. The molecule has 1 aromatic rings. The fraction of sp³-hybridized carbons (Fsp3) is 0.667. The Morgan fingerprint density at radius 1 is 1.40 bits per heavy atom. The minimum Gasteiger partial charge on any atom is -0.330 e. The van der Waals surface area contributed by atoms with Crippen molar-refractivity contribution >= 4 is 22.9 Å². The minimum absolute atomic E-state index is 0.405. The number of hydrogen-bond donors (Lipinski definition) is 1. The van der Waals surface area contributed by atoms with Crippen molar-refractivity contribution < 1.29 is 0 Å². The number of thiophene rings is 1. The molecular weight excluding hydrogens is 226 g/mol. The fourth-order valence-electron chi connectivity index (χ4n) is 3.21. The molecule has 2 saturated carbocycles. The molecule has 0 aliphatic heterocycles. The summed E-state index contributed by atoms with van der Waals surface area (Å²) in [4.78, 5) is 1.41. The van der Waals surface area contributed by atoms with E-state index in [9.17, 15) is 0 Å². The van der Waals surface area contributed by atoms with Gasteiger partial charge in [0.05, 0.1) is 4.34 Å². The molecule has 0 amide bonds. The quantitative estimate of drug-likeness (QED) is 0.863. The van der Waals surface area contributed by atoms with Crippen LogP contribution in [0.25, 0.3) is 0 Å². The predicted molar refractivity (Wildman–Crippen MR) is 65.4 cm³/mol. The SMILES string of the molecule is NCC1(Cc2ccc(Cl)s2)CC2CC2C1. The molecule has 2 atom stereocenters. The van der Waals surface area contributed by atoms with E-state index < -0.39 is 0 Å². The van der Waals surface area contributed by atoms with E-state index in [4.69, 9.17) is 17.3 Å². The second-order valence-corrected chi connectivity index (χ2v) is 7.05. The minimum atomic E-state index is 0.405. The van der Waals surface area contributed by atoms with Crippen LogP contribution in [-0.4, -0.2) is 6.54 Å². The van der Waals surface area contributed by atoms with Gasteiger partial charge in [-0.25, -0.2) is 0 Å². The van der Waals surface area contributed by atoms with Gasteiger partial charge in [0, 0.05) is 4.88 Å². The van der Waals surface area contributed by atoms with Crippen LogP contribution in [-0.2, 0) is 6.42 Å². The molecule has 0 radical (unpaired) electrons. The lowest BCUT2D eigenvalue weighted by molar-refractivity contribution is 0.275. The molecule has 0 bridgehead atoms. The lowest BCUT2D eigenvalue weighted by Gasteiger charge is -2.28. The Morgan fingerprint density at radius 3 is 2.67 bits per heavy atom. The molecule has 2 N–H and O–H groups in total. The average molecular weight is 242 g/mol. The van der Waals surface area contributed by atoms with E-state index in [1.807, 2.05) is 6.07 Å². The van der Waals surface area contributed by atoms with Crippen LogP contribution in [0.5, 0.6) is 0 Å². The topological polar surface area (TPSA) is 26.0 Å². The van der Waals surface area contributed by atoms with Gasteiger partial charge in [-0.15, -0.1) is 11.3 Å². The maximum Gasteiger partial charge on any atom is 0.0931 e. The van der Waals surface area contributed by atoms with Crippen molar-refractivity contribution in [2.24, 2.45) is 23.0 Å². The zero-order valence-corrected chi connectivity index (χ0v) is 10.3. The van der Waals surface area contributed by atoms with Gasteiger partial charge in [0.25, 0.3) is 0 Å². The van der Waals surface area contributed by atoms with Crippen molar-refractivity contribution in [3.8, 4) is 0 Å². The number of nitrogens with two attached hydrogens (primary N) is 1. The van der Waals surface area contributed by atoms with Gasteiger partial charge in [-0.2, -0.15) is 0 Å². The Balaban J connectivity index is 1.75. The number of hydrogen-bond acceptors (Lipinski definition) is 2. The standard InChI is InChI=1S/C12H16ClNS/c13-11-2-1-10(15-11)6-12(7-14)4-8-3-9(8)5-12/h1-2,8-9H,3-7,14H2. The highest BCUT2D eigenvalue weighted by atomic mass is 35.5. The lowest BCUT2D eigenvalue weighted by atomic mass is 9.79. The Bertz CT molecular complexity index is 363. The third-order valence-electron chi connectivity index (χ3n) is 4.07. The number of halogens is 1. The Kier molecular flexibility index (Phi) is 2.35. The predicted octanol–water partition coefficient (Wildman–Crippen LogP) is 3.32. The van der Waals surface area contributed by atoms with Crippen molar-refractivity contribution in [3.05, 3.63) is 21.3 Å². The molecule has 0 aromatic carbocycles. The summed E-state index contributed by atoms with van der Waals surface area (Å²) in [5, 5.41) is 0. The Hall–Kier alpha value is -0.0500. The van der Waals surface area contributed by atoms with Gasteiger partial charge in [-0.05, 0) is 61.6 Å². The summed E-state index contributed by atoms with van der Waals surface area (Å²) in [6.45, 7) is 0.843. The van der Waals surface area contributed by atoms with E-state index in [1.165, 1.54) is 24.1 Å². The van der Waals surface area contributed by atoms with Crippen LogP contribution in [0.1, 0.15) is 24.1 Å². The first-order chi connectivity index (χ1) is 7.21. The third-order valence-corrected chi connectivity index (χ3v) is 5.30. The van der Waals surface area contributed by atoms with Crippen molar-refractivity contribution in [2.45, 2.75) is 25.7 Å². The largest absolute Gasteiger partial charge is 0.330 e. The molecule has 15 heavy (non-hydrogen) atoms. The van der Waals surface area contributed by atoms with Crippen LogP contribution >= 0.6 is 22.9 Å². The molecule has 1 aromatic heterocycles. The van der Waals surface area contributed by atoms with Crippen molar-refractivity contribution in [2.75, 3.05) is 6.54 Å². The number of rotatable bonds is 3. The van der Waals surface area contributed by atoms with Crippen molar-refractivity contribution in [1.82, 2.24) is 0 Å². The first kappa shape index (κ1) is 10.1. The smallest absolute Gasteiger partial charge is 0.0931 e. The van der Waals surface area contributed by atoms with E-state index in [0.717, 1.165) is 29.1 Å². The van der Waals surface area contributed by atoms with Crippen molar-refractivity contribution in [3.63, 3.8) is 0 Å². The van der Waals surface area contributed by atoms with Crippen LogP contribution < -0.4 is 5.73 Å². The van der Waals surface area contributed by atoms with Gasteiger partial charge >= 0.3 is 0 Å². The normalized spacial score (nSPS) is 38.0. The van der Waals surface area contributed by atoms with Crippen LogP contribution in [0.2, 0.25) is 4.34 Å². The molecule has 2 unspecified atom stereocenters. The van der Waals surface area contributed by atoms with Crippen LogP contribution in [0.15, 0.2) is 12.1 Å². The van der Waals surface area contributed by atoms with Gasteiger partial charge in [0.15, 0.2) is 0 Å². The second kappa shape index (κ2) is 3.47. The molecule has 82 valence electrons. The highest BCUT2D eigenvalue weighted by molar-refractivity contribution is 7.16. The molecule has 2 aliphatic carbocycles. The molecule has 0 spiro atoms. The average Bonchev–Trinajstić information content (AvgIpc) is 2.65. The van der Waals surface area contributed by atoms with Gasteiger partial charge in [-0.1, -0.05) is 11.6 Å². The summed E-state index contributed by atoms with van der Waals surface area (Å²) < 4.78 is 0.903. The van der Waals surface area contributed by atoms with Crippen molar-refractivity contribution in [1.29, 1.82) is 0 Å². The summed E-state index contributed by atoms with van der Waals surface area (Å²) in [7, 11) is 0. The molecule has 0 saturated heterocycles. The second-order valence-electron chi connectivity index (χ2n) is 5.25. The fourth-order valence-corrected chi connectivity index (χ4v) is 4.47. The molecular formula is C12H16ClNS. The molecule has 1 heterocycles. The van der Waals surface area contributed by atoms with E-state index in [2.05, 4.69) is 6.07 Å². The monoisotopic (exact) mass is 241 g/mol. The highest BCUT2D eigenvalue weighted by Gasteiger charge is 2.52. The van der Waals surface area contributed by atoms with Gasteiger partial charge < -0.3 is 5.73 Å². The third kappa shape index (κ3) is 1.83. The summed E-state index contributed by atoms with van der Waals surface area (Å²) in [5.74, 6) is 2.01. The van der Waals surface area contributed by atoms with Crippen LogP contribution in [0, 0.1) is 17.3 Å². The molecule has 3 heteroatoms. The molecule has 2 aliphatic rings. The van der Waals surface area contributed by atoms with Crippen LogP contribution in [0.3, 0.4) is 0 Å². The van der Waals surface area contributed by atoms with Crippen LogP contribution in [0.4, 0.5) is 0 Å². The first-order valence-corrected chi connectivity index (χ1v) is 6.84. The zero-order chi connectivity index (χ0) is 10.5. The summed E-state index contributed by atoms with van der Waals surface area (Å²) >= 11 is 7.67. The van der Waals surface area contributed by atoms with E-state index in [0.29, 0.717) is 5.41 Å². The lowest BCUT2D eigenvalue weighted by Crippen LogP contribution is -2.31. The zero-order valence-electron chi connectivity index (χ0n) is 8.71. The summed E-state index contributed by atoms with van der Waals surface area (Å²) in [6.07, 6.45) is 5.31. The molecule has 3 rings (SSSR count). The van der Waals surface area contributed by atoms with E-state index in [1.54, 1.807) is 11.3 Å². The maximum absolute atomic E-state index is 5.98. The van der Waals surface area contributed by atoms with Gasteiger partial charge in [-0.3, -0.25) is 0 Å². The molecule has 1 nitrogen and oxygen atoms in total. The van der Waals surface area contributed by atoms with Gasteiger partial charge in [0.1, 0.15) is 0 Å². The van der Waals surface area contributed by atoms with E-state index in [-0.39, 0.29) is 0 Å². The maximum atomic E-state index is 5.98. The highest BCUT2D eigenvalue weighted by Crippen LogP contribution is 2.60. The summed E-state index contributed by atoms with van der Waals surface area (Å²) in [6, 6.07) is 4.16. The first-order valence-electron chi connectivity index (χ1n) is 5.65. The van der Waals surface area contributed by atoms with E-state index >= 15 is 0 Å². The summed E-state index contributed by atoms with van der Waals surface area (Å²) in [5.41, 5.74) is 6.38. The van der Waals surface area contributed by atoms with Gasteiger partial charge in [0.2, 0.25) is 0 Å². The molecule has 2 fully saturated rings. The Labute approximate surface area is 99.6 Å². The number of fused-ring (bicyclic) bond motifs is 1.